The lowest BCUT2D eigenvalue weighted by Crippen LogP contribution is -2.38. The summed E-state index contributed by atoms with van der Waals surface area (Å²) in [6, 6.07) is 11.8. The molecule has 0 spiro atoms. The summed E-state index contributed by atoms with van der Waals surface area (Å²) in [5.74, 6) is 0.889. The van der Waals surface area contributed by atoms with E-state index >= 15 is 0 Å². The maximum absolute atomic E-state index is 12.6. The van der Waals surface area contributed by atoms with E-state index in [4.69, 9.17) is 21.1 Å². The highest BCUT2D eigenvalue weighted by Gasteiger charge is 2.39. The third kappa shape index (κ3) is 3.06. The van der Waals surface area contributed by atoms with Crippen molar-refractivity contribution >= 4 is 29.1 Å². The van der Waals surface area contributed by atoms with E-state index in [0.29, 0.717) is 28.8 Å². The molecule has 1 N–H and O–H groups in total. The Morgan fingerprint density at radius 3 is 2.80 bits per heavy atom. The summed E-state index contributed by atoms with van der Waals surface area (Å²) in [5, 5.41) is 3.62. The number of rotatable bonds is 4. The van der Waals surface area contributed by atoms with Crippen molar-refractivity contribution in [1.29, 1.82) is 0 Å². The van der Waals surface area contributed by atoms with Gasteiger partial charge in [0.1, 0.15) is 0 Å². The van der Waals surface area contributed by atoms with Gasteiger partial charge in [-0.3, -0.25) is 9.59 Å². The monoisotopic (exact) mass is 358 g/mol. The third-order valence-corrected chi connectivity index (χ3v) is 4.44. The van der Waals surface area contributed by atoms with Crippen LogP contribution in [-0.4, -0.2) is 24.6 Å². The standard InChI is InChI=1S/C18H15ClN2O4/c19-12-2-1-3-13(7-12)21-17(22)8-14(18(21)23)20-9-11-4-5-15-16(6-11)25-10-24-15/h1-7,14,20H,8-10H2/t14-/m1/s1. The molecule has 2 heterocycles. The Bertz CT molecular complexity index is 855. The van der Waals surface area contributed by atoms with Gasteiger partial charge < -0.3 is 14.8 Å². The van der Waals surface area contributed by atoms with Crippen LogP contribution in [0.25, 0.3) is 0 Å². The second-order valence-corrected chi connectivity index (χ2v) is 6.31. The molecule has 0 aliphatic carbocycles. The van der Waals surface area contributed by atoms with Gasteiger partial charge in [0, 0.05) is 11.6 Å². The van der Waals surface area contributed by atoms with E-state index in [0.717, 1.165) is 5.56 Å². The molecule has 2 aliphatic rings. The van der Waals surface area contributed by atoms with Gasteiger partial charge in [-0.2, -0.15) is 0 Å². The van der Waals surface area contributed by atoms with E-state index in [9.17, 15) is 9.59 Å². The van der Waals surface area contributed by atoms with E-state index in [-0.39, 0.29) is 25.0 Å². The number of imide groups is 1. The lowest BCUT2D eigenvalue weighted by molar-refractivity contribution is -0.121. The van der Waals surface area contributed by atoms with Crippen LogP contribution in [0, 0.1) is 0 Å². The molecule has 2 aromatic rings. The van der Waals surface area contributed by atoms with Gasteiger partial charge in [0.2, 0.25) is 12.7 Å². The van der Waals surface area contributed by atoms with E-state index in [2.05, 4.69) is 5.32 Å². The zero-order chi connectivity index (χ0) is 17.4. The van der Waals surface area contributed by atoms with E-state index < -0.39 is 6.04 Å². The third-order valence-electron chi connectivity index (χ3n) is 4.20. The molecule has 2 amide bonds. The quantitative estimate of drug-likeness (QED) is 0.850. The van der Waals surface area contributed by atoms with Crippen molar-refractivity contribution in [3.05, 3.63) is 53.1 Å². The Morgan fingerprint density at radius 2 is 1.96 bits per heavy atom. The Hall–Kier alpha value is -2.57. The summed E-state index contributed by atoms with van der Waals surface area (Å²) in [6.45, 7) is 0.667. The van der Waals surface area contributed by atoms with Crippen LogP contribution in [-0.2, 0) is 16.1 Å². The van der Waals surface area contributed by atoms with Crippen molar-refractivity contribution in [1.82, 2.24) is 5.32 Å². The fraction of sp³-hybridized carbons (Fsp3) is 0.222. The Morgan fingerprint density at radius 1 is 1.12 bits per heavy atom. The molecular formula is C18H15ClN2O4. The SMILES string of the molecule is O=C1C[C@@H](NCc2ccc3c(c2)OCO3)C(=O)N1c1cccc(Cl)c1. The largest absolute Gasteiger partial charge is 0.454 e. The van der Waals surface area contributed by atoms with Gasteiger partial charge in [-0.05, 0) is 35.9 Å². The van der Waals surface area contributed by atoms with Crippen molar-refractivity contribution in [2.75, 3.05) is 11.7 Å². The first-order valence-electron chi connectivity index (χ1n) is 7.86. The summed E-state index contributed by atoms with van der Waals surface area (Å²) < 4.78 is 10.6. The van der Waals surface area contributed by atoms with Crippen LogP contribution in [0.5, 0.6) is 11.5 Å². The maximum atomic E-state index is 12.6. The molecule has 25 heavy (non-hydrogen) atoms. The number of nitrogens with one attached hydrogen (secondary N) is 1. The van der Waals surface area contributed by atoms with Crippen molar-refractivity contribution in [2.45, 2.75) is 19.0 Å². The van der Waals surface area contributed by atoms with E-state index in [1.54, 1.807) is 24.3 Å². The molecule has 0 bridgehead atoms. The fourth-order valence-electron chi connectivity index (χ4n) is 2.97. The molecule has 0 aromatic heterocycles. The maximum Gasteiger partial charge on any atom is 0.251 e. The summed E-state index contributed by atoms with van der Waals surface area (Å²) in [7, 11) is 0. The predicted molar refractivity (Wildman–Crippen MR) is 91.8 cm³/mol. The van der Waals surface area contributed by atoms with Crippen molar-refractivity contribution < 1.29 is 19.1 Å². The topological polar surface area (TPSA) is 67.9 Å². The summed E-state index contributed by atoms with van der Waals surface area (Å²) in [5.41, 5.74) is 1.44. The smallest absolute Gasteiger partial charge is 0.251 e. The minimum absolute atomic E-state index is 0.121. The number of halogens is 1. The van der Waals surface area contributed by atoms with Crippen LogP contribution >= 0.6 is 11.6 Å². The average Bonchev–Trinajstić information content (AvgIpc) is 3.16. The molecular weight excluding hydrogens is 344 g/mol. The molecule has 7 heteroatoms. The lowest BCUT2D eigenvalue weighted by Gasteiger charge is -2.16. The van der Waals surface area contributed by atoms with Crippen LogP contribution in [0.4, 0.5) is 5.69 Å². The number of benzene rings is 2. The van der Waals surface area contributed by atoms with E-state index in [1.165, 1.54) is 4.90 Å². The van der Waals surface area contributed by atoms with Crippen LogP contribution in [0.2, 0.25) is 5.02 Å². The van der Waals surface area contributed by atoms with Crippen LogP contribution < -0.4 is 19.7 Å². The summed E-state index contributed by atoms with van der Waals surface area (Å²) in [4.78, 5) is 26.0. The molecule has 1 fully saturated rings. The predicted octanol–water partition coefficient (Wildman–Crippen LogP) is 2.49. The Labute approximate surface area is 149 Å². The number of anilines is 1. The van der Waals surface area contributed by atoms with Crippen molar-refractivity contribution in [3.63, 3.8) is 0 Å². The lowest BCUT2D eigenvalue weighted by atomic mass is 10.1. The normalized spacial score (nSPS) is 18.9. The number of ether oxygens (including phenoxy) is 2. The first-order chi connectivity index (χ1) is 12.1. The molecule has 1 saturated heterocycles. The van der Waals surface area contributed by atoms with Gasteiger partial charge in [0.15, 0.2) is 11.5 Å². The molecule has 2 aromatic carbocycles. The Kier molecular flexibility index (Phi) is 4.07. The van der Waals surface area contributed by atoms with E-state index in [1.807, 2.05) is 18.2 Å². The number of fused-ring (bicyclic) bond motifs is 1. The van der Waals surface area contributed by atoms with Crippen molar-refractivity contribution in [2.24, 2.45) is 0 Å². The molecule has 4 rings (SSSR count). The highest BCUT2D eigenvalue weighted by molar-refractivity contribution is 6.31. The number of hydrogen-bond donors (Lipinski definition) is 1. The van der Waals surface area contributed by atoms with Gasteiger partial charge in [0.05, 0.1) is 18.2 Å². The van der Waals surface area contributed by atoms with Crippen LogP contribution in [0.3, 0.4) is 0 Å². The first kappa shape index (κ1) is 15.9. The second kappa shape index (κ2) is 6.38. The van der Waals surface area contributed by atoms with Gasteiger partial charge in [-0.15, -0.1) is 0 Å². The number of carbonyl (C=O) groups is 2. The molecule has 0 unspecified atom stereocenters. The molecule has 128 valence electrons. The molecule has 2 aliphatic heterocycles. The number of carbonyl (C=O) groups excluding carboxylic acids is 2. The number of nitrogens with zero attached hydrogens (tertiary/aromatic N) is 1. The van der Waals surface area contributed by atoms with Crippen LogP contribution in [0.15, 0.2) is 42.5 Å². The molecule has 0 saturated carbocycles. The second-order valence-electron chi connectivity index (χ2n) is 5.87. The first-order valence-corrected chi connectivity index (χ1v) is 8.24. The number of amides is 2. The van der Waals surface area contributed by atoms with Crippen LogP contribution in [0.1, 0.15) is 12.0 Å². The highest BCUT2D eigenvalue weighted by atomic mass is 35.5. The Balaban J connectivity index is 1.45. The molecule has 0 radical (unpaired) electrons. The van der Waals surface area contributed by atoms with Gasteiger partial charge in [-0.25, -0.2) is 4.90 Å². The van der Waals surface area contributed by atoms with Gasteiger partial charge in [0.25, 0.3) is 5.91 Å². The highest BCUT2D eigenvalue weighted by Crippen LogP contribution is 2.32. The summed E-state index contributed by atoms with van der Waals surface area (Å²) in [6.07, 6.45) is 0.121. The zero-order valence-electron chi connectivity index (χ0n) is 13.2. The average molecular weight is 359 g/mol. The summed E-state index contributed by atoms with van der Waals surface area (Å²) >= 11 is 5.96. The fourth-order valence-corrected chi connectivity index (χ4v) is 3.15. The minimum atomic E-state index is -0.558. The van der Waals surface area contributed by atoms with Crippen molar-refractivity contribution in [3.8, 4) is 11.5 Å². The van der Waals surface area contributed by atoms with Gasteiger partial charge in [-0.1, -0.05) is 23.7 Å². The molecule has 6 nitrogen and oxygen atoms in total. The van der Waals surface area contributed by atoms with Gasteiger partial charge >= 0.3 is 0 Å². The molecule has 1 atom stereocenters. The zero-order valence-corrected chi connectivity index (χ0v) is 14.0. The minimum Gasteiger partial charge on any atom is -0.454 e. The number of hydrogen-bond acceptors (Lipinski definition) is 5.